The fraction of sp³-hybridized carbons (Fsp3) is 0.143. The van der Waals surface area contributed by atoms with Crippen molar-refractivity contribution in [3.05, 3.63) is 65.7 Å². The highest BCUT2D eigenvalue weighted by Crippen LogP contribution is 2.26. The SMILES string of the molecule is C=C/C=C(\C=C)c1cc(CC)ccc1Cl. The van der Waals surface area contributed by atoms with Crippen LogP contribution in [0.15, 0.2) is 49.6 Å². The van der Waals surface area contributed by atoms with Crippen molar-refractivity contribution in [2.45, 2.75) is 13.3 Å². The highest BCUT2D eigenvalue weighted by molar-refractivity contribution is 6.32. The van der Waals surface area contributed by atoms with Crippen LogP contribution in [0.5, 0.6) is 0 Å². The Morgan fingerprint density at radius 2 is 2.13 bits per heavy atom. The fourth-order valence-corrected chi connectivity index (χ4v) is 1.63. The van der Waals surface area contributed by atoms with Crippen molar-refractivity contribution >= 4 is 17.2 Å². The number of hydrogen-bond acceptors (Lipinski definition) is 0. The van der Waals surface area contributed by atoms with Gasteiger partial charge in [0.1, 0.15) is 0 Å². The van der Waals surface area contributed by atoms with Crippen LogP contribution < -0.4 is 0 Å². The van der Waals surface area contributed by atoms with Crippen LogP contribution in [0.4, 0.5) is 0 Å². The highest BCUT2D eigenvalue weighted by atomic mass is 35.5. The molecule has 0 unspecified atom stereocenters. The average Bonchev–Trinajstić information content (AvgIpc) is 2.27. The molecule has 78 valence electrons. The lowest BCUT2D eigenvalue weighted by Crippen LogP contribution is -1.87. The average molecular weight is 219 g/mol. The Bertz CT molecular complexity index is 400. The van der Waals surface area contributed by atoms with Gasteiger partial charge in [-0.3, -0.25) is 0 Å². The Balaban J connectivity index is 3.27. The van der Waals surface area contributed by atoms with E-state index in [1.807, 2.05) is 18.2 Å². The van der Waals surface area contributed by atoms with Crippen molar-refractivity contribution in [3.8, 4) is 0 Å². The van der Waals surface area contributed by atoms with E-state index in [9.17, 15) is 0 Å². The quantitative estimate of drug-likeness (QED) is 0.645. The van der Waals surface area contributed by atoms with Gasteiger partial charge in [-0.15, -0.1) is 0 Å². The van der Waals surface area contributed by atoms with Gasteiger partial charge in [-0.05, 0) is 29.7 Å². The molecule has 0 N–H and O–H groups in total. The third-order valence-electron chi connectivity index (χ3n) is 2.27. The van der Waals surface area contributed by atoms with Gasteiger partial charge in [-0.1, -0.05) is 56.0 Å². The molecule has 0 saturated carbocycles. The first-order valence-corrected chi connectivity index (χ1v) is 5.34. The molecular weight excluding hydrogens is 204 g/mol. The molecule has 1 aromatic rings. The summed E-state index contributed by atoms with van der Waals surface area (Å²) in [5, 5.41) is 0.750. The van der Waals surface area contributed by atoms with E-state index in [-0.39, 0.29) is 0 Å². The van der Waals surface area contributed by atoms with E-state index in [1.54, 1.807) is 12.2 Å². The molecule has 15 heavy (non-hydrogen) atoms. The van der Waals surface area contributed by atoms with Crippen molar-refractivity contribution in [2.75, 3.05) is 0 Å². The maximum absolute atomic E-state index is 6.14. The minimum atomic E-state index is 0.750. The fourth-order valence-electron chi connectivity index (χ4n) is 1.41. The summed E-state index contributed by atoms with van der Waals surface area (Å²) in [6.45, 7) is 9.58. The largest absolute Gasteiger partial charge is 0.0990 e. The lowest BCUT2D eigenvalue weighted by molar-refractivity contribution is 1.14. The van der Waals surface area contributed by atoms with Crippen LogP contribution in [0, 0.1) is 0 Å². The van der Waals surface area contributed by atoms with Crippen LogP contribution in [0.25, 0.3) is 5.57 Å². The van der Waals surface area contributed by atoms with Gasteiger partial charge in [0.15, 0.2) is 0 Å². The Morgan fingerprint density at radius 1 is 1.40 bits per heavy atom. The van der Waals surface area contributed by atoms with Crippen molar-refractivity contribution in [1.29, 1.82) is 0 Å². The van der Waals surface area contributed by atoms with E-state index >= 15 is 0 Å². The van der Waals surface area contributed by atoms with Crippen molar-refractivity contribution in [2.24, 2.45) is 0 Å². The maximum atomic E-state index is 6.14. The smallest absolute Gasteiger partial charge is 0.0484 e. The van der Waals surface area contributed by atoms with Gasteiger partial charge in [0.25, 0.3) is 0 Å². The summed E-state index contributed by atoms with van der Waals surface area (Å²) in [5.74, 6) is 0. The maximum Gasteiger partial charge on any atom is 0.0484 e. The molecule has 1 rings (SSSR count). The normalized spacial score (nSPS) is 11.2. The molecule has 0 heterocycles. The standard InChI is InChI=1S/C14H15Cl/c1-4-7-12(6-3)13-10-11(5-2)8-9-14(13)15/h4,6-10H,1,3,5H2,2H3/b12-7+. The van der Waals surface area contributed by atoms with E-state index in [2.05, 4.69) is 26.1 Å². The summed E-state index contributed by atoms with van der Waals surface area (Å²) in [6.07, 6.45) is 6.45. The van der Waals surface area contributed by atoms with Crippen molar-refractivity contribution < 1.29 is 0 Å². The summed E-state index contributed by atoms with van der Waals surface area (Å²) >= 11 is 6.14. The van der Waals surface area contributed by atoms with Crippen LogP contribution in [-0.2, 0) is 6.42 Å². The van der Waals surface area contributed by atoms with E-state index < -0.39 is 0 Å². The molecule has 1 heteroatoms. The second-order valence-electron chi connectivity index (χ2n) is 3.23. The Morgan fingerprint density at radius 3 is 2.67 bits per heavy atom. The Hall–Kier alpha value is -1.27. The van der Waals surface area contributed by atoms with Gasteiger partial charge in [-0.2, -0.15) is 0 Å². The third-order valence-corrected chi connectivity index (χ3v) is 2.60. The molecule has 0 amide bonds. The Kier molecular flexibility index (Phi) is 4.38. The minimum absolute atomic E-state index is 0.750. The molecule has 0 radical (unpaired) electrons. The van der Waals surface area contributed by atoms with Gasteiger partial charge in [-0.25, -0.2) is 0 Å². The zero-order valence-electron chi connectivity index (χ0n) is 8.96. The van der Waals surface area contributed by atoms with Crippen LogP contribution in [-0.4, -0.2) is 0 Å². The minimum Gasteiger partial charge on any atom is -0.0990 e. The van der Waals surface area contributed by atoms with E-state index in [0.29, 0.717) is 0 Å². The van der Waals surface area contributed by atoms with Gasteiger partial charge >= 0.3 is 0 Å². The van der Waals surface area contributed by atoms with Gasteiger partial charge < -0.3 is 0 Å². The number of allylic oxidation sites excluding steroid dienone is 4. The molecule has 1 aromatic carbocycles. The van der Waals surface area contributed by atoms with Gasteiger partial charge in [0.05, 0.1) is 0 Å². The molecule has 0 aliphatic carbocycles. The molecular formula is C14H15Cl. The number of aryl methyl sites for hydroxylation is 1. The summed E-state index contributed by atoms with van der Waals surface area (Å²) in [5.41, 5.74) is 3.29. The van der Waals surface area contributed by atoms with Gasteiger partial charge in [0, 0.05) is 10.6 Å². The molecule has 0 aliphatic heterocycles. The topological polar surface area (TPSA) is 0 Å². The van der Waals surface area contributed by atoms with E-state index in [0.717, 1.165) is 22.6 Å². The number of hydrogen-bond donors (Lipinski definition) is 0. The Labute approximate surface area is 96.6 Å². The van der Waals surface area contributed by atoms with Gasteiger partial charge in [0.2, 0.25) is 0 Å². The van der Waals surface area contributed by atoms with Crippen LogP contribution >= 0.6 is 11.6 Å². The van der Waals surface area contributed by atoms with Crippen molar-refractivity contribution in [1.82, 2.24) is 0 Å². The second kappa shape index (κ2) is 5.57. The van der Waals surface area contributed by atoms with Crippen LogP contribution in [0.2, 0.25) is 5.02 Å². The monoisotopic (exact) mass is 218 g/mol. The molecule has 0 aliphatic rings. The van der Waals surface area contributed by atoms with Crippen LogP contribution in [0.3, 0.4) is 0 Å². The van der Waals surface area contributed by atoms with Crippen molar-refractivity contribution in [3.63, 3.8) is 0 Å². The lowest BCUT2D eigenvalue weighted by atomic mass is 10.0. The first-order chi connectivity index (χ1) is 7.22. The first-order valence-electron chi connectivity index (χ1n) is 4.96. The first kappa shape index (κ1) is 11.8. The molecule has 0 saturated heterocycles. The lowest BCUT2D eigenvalue weighted by Gasteiger charge is -2.07. The van der Waals surface area contributed by atoms with Crippen LogP contribution in [0.1, 0.15) is 18.1 Å². The highest BCUT2D eigenvalue weighted by Gasteiger charge is 2.03. The predicted octanol–water partition coefficient (Wildman–Crippen LogP) is 4.66. The number of rotatable bonds is 4. The number of benzene rings is 1. The molecule has 0 spiro atoms. The summed E-state index contributed by atoms with van der Waals surface area (Å²) < 4.78 is 0. The van der Waals surface area contributed by atoms with E-state index in [4.69, 9.17) is 11.6 Å². The summed E-state index contributed by atoms with van der Waals surface area (Å²) in [7, 11) is 0. The second-order valence-corrected chi connectivity index (χ2v) is 3.64. The zero-order valence-corrected chi connectivity index (χ0v) is 9.72. The predicted molar refractivity (Wildman–Crippen MR) is 69.2 cm³/mol. The van der Waals surface area contributed by atoms with E-state index in [1.165, 1.54) is 5.56 Å². The summed E-state index contributed by atoms with van der Waals surface area (Å²) in [4.78, 5) is 0. The molecule has 0 atom stereocenters. The zero-order chi connectivity index (χ0) is 11.3. The third kappa shape index (κ3) is 2.84. The molecule has 0 fully saturated rings. The summed E-state index contributed by atoms with van der Waals surface area (Å²) in [6, 6.07) is 6.07. The number of halogens is 1. The molecule has 0 nitrogen and oxygen atoms in total. The molecule has 0 bridgehead atoms. The molecule has 0 aromatic heterocycles.